The monoisotopic (exact) mass is 297 g/mol. The van der Waals surface area contributed by atoms with Crippen molar-refractivity contribution in [2.24, 2.45) is 5.92 Å². The Bertz CT molecular complexity index is 498. The molecule has 2 N–H and O–H groups in total. The van der Waals surface area contributed by atoms with E-state index in [2.05, 4.69) is 5.32 Å². The van der Waals surface area contributed by atoms with E-state index in [0.29, 0.717) is 10.8 Å². The van der Waals surface area contributed by atoms with Crippen LogP contribution in [0.4, 0.5) is 0 Å². The van der Waals surface area contributed by atoms with Crippen molar-refractivity contribution in [2.75, 3.05) is 0 Å². The van der Waals surface area contributed by atoms with Gasteiger partial charge in [-0.3, -0.25) is 4.79 Å². The average Bonchev–Trinajstić information content (AvgIpc) is 3.22. The van der Waals surface area contributed by atoms with Gasteiger partial charge in [-0.15, -0.1) is 0 Å². The molecule has 108 valence electrons. The van der Waals surface area contributed by atoms with Gasteiger partial charge in [0.25, 0.3) is 5.91 Å². The Hall–Kier alpha value is -1.75. The van der Waals surface area contributed by atoms with Crippen LogP contribution >= 0.6 is 11.6 Å². The molecule has 1 fully saturated rings. The number of hydrogen-bond donors (Lipinski definition) is 2. The van der Waals surface area contributed by atoms with Crippen molar-refractivity contribution >= 4 is 23.5 Å². The van der Waals surface area contributed by atoms with Crippen LogP contribution in [0.15, 0.2) is 24.3 Å². The molecule has 20 heavy (non-hydrogen) atoms. The number of halogens is 1. The number of nitrogens with one attached hydrogen (secondary N) is 1. The summed E-state index contributed by atoms with van der Waals surface area (Å²) in [6, 6.07) is 5.81. The lowest BCUT2D eigenvalue weighted by Gasteiger charge is -2.18. The number of carbonyl (C=O) groups excluding carboxylic acids is 1. The molecule has 0 heterocycles. The zero-order chi connectivity index (χ0) is 14.7. The molecule has 0 spiro atoms. The number of carbonyl (C=O) groups is 2. The number of carboxylic acid groups (broad SMARTS) is 1. The second-order valence-corrected chi connectivity index (χ2v) is 5.31. The molecule has 0 radical (unpaired) electrons. The summed E-state index contributed by atoms with van der Waals surface area (Å²) in [6.45, 7) is 1.58. The first-order valence-electron chi connectivity index (χ1n) is 6.43. The Morgan fingerprint density at radius 3 is 2.45 bits per heavy atom. The van der Waals surface area contributed by atoms with Gasteiger partial charge in [0, 0.05) is 5.02 Å². The molecule has 0 saturated heterocycles. The summed E-state index contributed by atoms with van der Waals surface area (Å²) in [6.07, 6.45) is 0.907. The molecule has 2 rings (SSSR count). The van der Waals surface area contributed by atoms with Crippen LogP contribution in [0, 0.1) is 5.92 Å². The summed E-state index contributed by atoms with van der Waals surface area (Å²) in [5, 5.41) is 12.2. The van der Waals surface area contributed by atoms with Crippen molar-refractivity contribution in [3.8, 4) is 5.75 Å². The van der Waals surface area contributed by atoms with Gasteiger partial charge in [0.1, 0.15) is 11.8 Å². The van der Waals surface area contributed by atoms with Crippen molar-refractivity contribution in [2.45, 2.75) is 31.9 Å². The van der Waals surface area contributed by atoms with Crippen LogP contribution in [0.5, 0.6) is 5.75 Å². The van der Waals surface area contributed by atoms with Crippen molar-refractivity contribution in [3.63, 3.8) is 0 Å². The highest BCUT2D eigenvalue weighted by atomic mass is 35.5. The van der Waals surface area contributed by atoms with E-state index < -0.39 is 24.0 Å². The minimum atomic E-state index is -1.00. The van der Waals surface area contributed by atoms with E-state index in [0.717, 1.165) is 12.8 Å². The Balaban J connectivity index is 1.91. The fraction of sp³-hybridized carbons (Fsp3) is 0.429. The molecule has 1 amide bonds. The summed E-state index contributed by atoms with van der Waals surface area (Å²) in [5.41, 5.74) is 0. The van der Waals surface area contributed by atoms with Gasteiger partial charge < -0.3 is 15.2 Å². The summed E-state index contributed by atoms with van der Waals surface area (Å²) in [7, 11) is 0. The van der Waals surface area contributed by atoms with Gasteiger partial charge in [0.15, 0.2) is 6.10 Å². The number of rotatable bonds is 6. The van der Waals surface area contributed by atoms with E-state index in [1.165, 1.54) is 0 Å². The molecular weight excluding hydrogens is 282 g/mol. The first-order valence-corrected chi connectivity index (χ1v) is 6.80. The van der Waals surface area contributed by atoms with E-state index >= 15 is 0 Å². The Morgan fingerprint density at radius 1 is 1.35 bits per heavy atom. The second kappa shape index (κ2) is 6.13. The molecule has 6 heteroatoms. The van der Waals surface area contributed by atoms with Crippen LogP contribution in [-0.4, -0.2) is 29.1 Å². The minimum Gasteiger partial charge on any atom is -0.481 e. The molecule has 0 aliphatic heterocycles. The average molecular weight is 298 g/mol. The maximum absolute atomic E-state index is 11.9. The lowest BCUT2D eigenvalue weighted by molar-refractivity contribution is -0.143. The molecule has 1 aromatic carbocycles. The van der Waals surface area contributed by atoms with E-state index in [1.807, 2.05) is 0 Å². The van der Waals surface area contributed by atoms with E-state index in [1.54, 1.807) is 31.2 Å². The maximum atomic E-state index is 11.9. The van der Waals surface area contributed by atoms with E-state index in [4.69, 9.17) is 21.4 Å². The molecule has 1 saturated carbocycles. The van der Waals surface area contributed by atoms with Crippen molar-refractivity contribution in [1.29, 1.82) is 0 Å². The number of aliphatic carboxylic acids is 1. The molecule has 1 aliphatic carbocycles. The summed E-state index contributed by atoms with van der Waals surface area (Å²) in [5.74, 6) is -0.881. The molecule has 0 aromatic heterocycles. The Morgan fingerprint density at radius 2 is 1.95 bits per heavy atom. The molecule has 5 nitrogen and oxygen atoms in total. The number of carboxylic acids is 1. The number of ether oxygens (including phenoxy) is 1. The van der Waals surface area contributed by atoms with Gasteiger partial charge in [-0.2, -0.15) is 0 Å². The molecule has 2 unspecified atom stereocenters. The third-order valence-electron chi connectivity index (χ3n) is 3.15. The third kappa shape index (κ3) is 3.87. The number of hydrogen-bond acceptors (Lipinski definition) is 3. The molecule has 0 bridgehead atoms. The normalized spacial score (nSPS) is 17.1. The second-order valence-electron chi connectivity index (χ2n) is 4.88. The van der Waals surface area contributed by atoms with Gasteiger partial charge in [0.05, 0.1) is 0 Å². The molecular formula is C14H16ClNO4. The lowest BCUT2D eigenvalue weighted by atomic mass is 10.2. The zero-order valence-corrected chi connectivity index (χ0v) is 11.8. The Kier molecular flexibility index (Phi) is 4.49. The van der Waals surface area contributed by atoms with Crippen LogP contribution in [0.2, 0.25) is 5.02 Å². The maximum Gasteiger partial charge on any atom is 0.326 e. The molecule has 1 aromatic rings. The van der Waals surface area contributed by atoms with Gasteiger partial charge in [0.2, 0.25) is 0 Å². The van der Waals surface area contributed by atoms with Crippen LogP contribution in [0.3, 0.4) is 0 Å². The smallest absolute Gasteiger partial charge is 0.326 e. The predicted octanol–water partition coefficient (Wildman–Crippen LogP) is 2.09. The fourth-order valence-corrected chi connectivity index (χ4v) is 1.98. The quantitative estimate of drug-likeness (QED) is 0.843. The minimum absolute atomic E-state index is 0.0409. The fourth-order valence-electron chi connectivity index (χ4n) is 1.85. The summed E-state index contributed by atoms with van der Waals surface area (Å²) >= 11 is 5.76. The van der Waals surface area contributed by atoms with Gasteiger partial charge in [-0.25, -0.2) is 4.79 Å². The summed E-state index contributed by atoms with van der Waals surface area (Å²) < 4.78 is 5.45. The first-order chi connectivity index (χ1) is 9.47. The van der Waals surface area contributed by atoms with Crippen LogP contribution in [0.1, 0.15) is 19.8 Å². The highest BCUT2D eigenvalue weighted by Gasteiger charge is 2.38. The highest BCUT2D eigenvalue weighted by Crippen LogP contribution is 2.32. The van der Waals surface area contributed by atoms with Gasteiger partial charge in [-0.1, -0.05) is 11.6 Å². The Labute approximate surface area is 121 Å². The largest absolute Gasteiger partial charge is 0.481 e. The summed E-state index contributed by atoms with van der Waals surface area (Å²) in [4.78, 5) is 23.0. The van der Waals surface area contributed by atoms with Crippen molar-refractivity contribution in [3.05, 3.63) is 29.3 Å². The van der Waals surface area contributed by atoms with Crippen molar-refractivity contribution in [1.82, 2.24) is 5.32 Å². The van der Waals surface area contributed by atoms with Gasteiger partial charge >= 0.3 is 5.97 Å². The van der Waals surface area contributed by atoms with E-state index in [9.17, 15) is 9.59 Å². The number of benzene rings is 1. The highest BCUT2D eigenvalue weighted by molar-refractivity contribution is 6.30. The van der Waals surface area contributed by atoms with Crippen LogP contribution < -0.4 is 10.1 Å². The molecule has 1 aliphatic rings. The topological polar surface area (TPSA) is 75.6 Å². The molecule has 2 atom stereocenters. The van der Waals surface area contributed by atoms with Crippen LogP contribution in [0.25, 0.3) is 0 Å². The first kappa shape index (κ1) is 14.7. The van der Waals surface area contributed by atoms with Gasteiger partial charge in [-0.05, 0) is 49.9 Å². The SMILES string of the molecule is CC(Oc1ccc(Cl)cc1)C(=O)NC(C(=O)O)C1CC1. The standard InChI is InChI=1S/C14H16ClNO4/c1-8(20-11-6-4-10(15)5-7-11)13(17)16-12(14(18)19)9-2-3-9/h4-9,12H,2-3H2,1H3,(H,16,17)(H,18,19). The predicted molar refractivity (Wildman–Crippen MR) is 73.8 cm³/mol. The number of amides is 1. The van der Waals surface area contributed by atoms with Crippen molar-refractivity contribution < 1.29 is 19.4 Å². The van der Waals surface area contributed by atoms with E-state index in [-0.39, 0.29) is 5.92 Å². The lowest BCUT2D eigenvalue weighted by Crippen LogP contribution is -2.47. The third-order valence-corrected chi connectivity index (χ3v) is 3.40. The zero-order valence-electron chi connectivity index (χ0n) is 11.0. The van der Waals surface area contributed by atoms with Crippen LogP contribution in [-0.2, 0) is 9.59 Å².